The summed E-state index contributed by atoms with van der Waals surface area (Å²) < 4.78 is 6.75. The fourth-order valence-corrected chi connectivity index (χ4v) is 3.55. The lowest BCUT2D eigenvalue weighted by atomic mass is 10.1. The molecule has 0 aromatic carbocycles. The van der Waals surface area contributed by atoms with E-state index in [0.717, 1.165) is 21.7 Å². The summed E-state index contributed by atoms with van der Waals surface area (Å²) in [6.07, 6.45) is 0.812. The molecule has 0 saturated carbocycles. The van der Waals surface area contributed by atoms with Crippen LogP contribution in [-0.2, 0) is 9.53 Å². The van der Waals surface area contributed by atoms with Gasteiger partial charge in [0.15, 0.2) is 0 Å². The van der Waals surface area contributed by atoms with Gasteiger partial charge in [-0.2, -0.15) is 0 Å². The average Bonchev–Trinajstić information content (AvgIpc) is 2.73. The first kappa shape index (κ1) is 17.7. The van der Waals surface area contributed by atoms with Gasteiger partial charge >= 0.3 is 5.97 Å². The van der Waals surface area contributed by atoms with Crippen LogP contribution in [0.25, 0.3) is 10.2 Å². The number of ether oxygens (including phenoxy) is 1. The summed E-state index contributed by atoms with van der Waals surface area (Å²) in [5.74, 6) is 0.621. The number of carbonyl (C=O) groups excluding carboxylic acids is 1. The lowest BCUT2D eigenvalue weighted by Crippen LogP contribution is -2.32. The molecule has 2 aromatic heterocycles. The fraction of sp³-hybridized carbons (Fsp3) is 0.588. The van der Waals surface area contributed by atoms with E-state index in [9.17, 15) is 9.59 Å². The molecular formula is C17H24N2O3S. The van der Waals surface area contributed by atoms with E-state index in [2.05, 4.69) is 18.8 Å². The van der Waals surface area contributed by atoms with Crippen LogP contribution in [0, 0.1) is 26.7 Å². The Kier molecular flexibility index (Phi) is 5.24. The van der Waals surface area contributed by atoms with Crippen LogP contribution in [-0.4, -0.2) is 22.1 Å². The summed E-state index contributed by atoms with van der Waals surface area (Å²) in [5, 5.41) is 0.611. The second-order valence-electron chi connectivity index (χ2n) is 6.32. The van der Waals surface area contributed by atoms with Crippen molar-refractivity contribution in [3.05, 3.63) is 26.6 Å². The van der Waals surface area contributed by atoms with Gasteiger partial charge in [-0.1, -0.05) is 13.8 Å². The standard InChI is InChI=1S/C17H24N2O3S/c1-9(2)7-8-22-17(21)11(4)19-13(6)18-15-14(16(19)20)10(3)12(5)23-15/h9,11H,7-8H2,1-6H3. The van der Waals surface area contributed by atoms with Gasteiger partial charge in [0.1, 0.15) is 16.7 Å². The molecule has 2 heterocycles. The quantitative estimate of drug-likeness (QED) is 0.784. The van der Waals surface area contributed by atoms with Crippen molar-refractivity contribution in [1.82, 2.24) is 9.55 Å². The number of aromatic nitrogens is 2. The molecule has 5 nitrogen and oxygen atoms in total. The molecule has 1 unspecified atom stereocenters. The van der Waals surface area contributed by atoms with Gasteiger partial charge in [0.2, 0.25) is 0 Å². The predicted molar refractivity (Wildman–Crippen MR) is 93.2 cm³/mol. The molecule has 2 rings (SSSR count). The molecule has 2 aromatic rings. The normalized spacial score (nSPS) is 12.8. The fourth-order valence-electron chi connectivity index (χ4n) is 2.49. The van der Waals surface area contributed by atoms with Gasteiger partial charge in [-0.05, 0) is 45.6 Å². The molecule has 126 valence electrons. The number of aryl methyl sites for hydroxylation is 3. The number of hydrogen-bond acceptors (Lipinski definition) is 5. The third-order valence-electron chi connectivity index (χ3n) is 4.08. The number of nitrogens with zero attached hydrogens (tertiary/aromatic N) is 2. The summed E-state index contributed by atoms with van der Waals surface area (Å²) in [6, 6.07) is -0.675. The number of esters is 1. The van der Waals surface area contributed by atoms with Gasteiger partial charge in [-0.3, -0.25) is 9.36 Å². The van der Waals surface area contributed by atoms with E-state index in [1.54, 1.807) is 13.8 Å². The average molecular weight is 336 g/mol. The van der Waals surface area contributed by atoms with Crippen molar-refractivity contribution in [3.8, 4) is 0 Å². The van der Waals surface area contributed by atoms with Crippen LogP contribution < -0.4 is 5.56 Å². The Bertz CT molecular complexity index is 789. The first-order valence-electron chi connectivity index (χ1n) is 7.89. The lowest BCUT2D eigenvalue weighted by Gasteiger charge is -2.17. The highest BCUT2D eigenvalue weighted by molar-refractivity contribution is 7.18. The number of fused-ring (bicyclic) bond motifs is 1. The van der Waals surface area contributed by atoms with E-state index in [-0.39, 0.29) is 11.5 Å². The minimum Gasteiger partial charge on any atom is -0.464 e. The van der Waals surface area contributed by atoms with Crippen molar-refractivity contribution in [2.24, 2.45) is 5.92 Å². The third-order valence-corrected chi connectivity index (χ3v) is 5.18. The number of rotatable bonds is 5. The van der Waals surface area contributed by atoms with Gasteiger partial charge in [0.25, 0.3) is 5.56 Å². The number of hydrogen-bond donors (Lipinski definition) is 0. The molecule has 0 aliphatic carbocycles. The van der Waals surface area contributed by atoms with E-state index in [1.165, 1.54) is 15.9 Å². The van der Waals surface area contributed by atoms with E-state index in [4.69, 9.17) is 4.74 Å². The Morgan fingerprint density at radius 1 is 1.26 bits per heavy atom. The van der Waals surface area contributed by atoms with Crippen molar-refractivity contribution in [2.45, 2.75) is 54.0 Å². The van der Waals surface area contributed by atoms with Crippen molar-refractivity contribution < 1.29 is 9.53 Å². The first-order chi connectivity index (χ1) is 10.7. The van der Waals surface area contributed by atoms with E-state index in [1.807, 2.05) is 13.8 Å². The maximum absolute atomic E-state index is 12.8. The van der Waals surface area contributed by atoms with Crippen molar-refractivity contribution in [3.63, 3.8) is 0 Å². The molecule has 0 aliphatic rings. The zero-order valence-corrected chi connectivity index (χ0v) is 15.4. The van der Waals surface area contributed by atoms with Crippen LogP contribution in [0.1, 0.15) is 49.5 Å². The summed E-state index contributed by atoms with van der Waals surface area (Å²) in [5.41, 5.74) is 0.777. The maximum Gasteiger partial charge on any atom is 0.329 e. The monoisotopic (exact) mass is 336 g/mol. The largest absolute Gasteiger partial charge is 0.464 e. The van der Waals surface area contributed by atoms with Crippen molar-refractivity contribution >= 4 is 27.5 Å². The molecular weight excluding hydrogens is 312 g/mol. The lowest BCUT2D eigenvalue weighted by molar-refractivity contribution is -0.147. The summed E-state index contributed by atoms with van der Waals surface area (Å²) in [6.45, 7) is 11.9. The molecule has 0 amide bonds. The third kappa shape index (κ3) is 3.47. The molecule has 1 atom stereocenters. The van der Waals surface area contributed by atoms with Gasteiger partial charge in [0.05, 0.1) is 12.0 Å². The minimum atomic E-state index is -0.675. The summed E-state index contributed by atoms with van der Waals surface area (Å²) in [4.78, 5) is 31.4. The summed E-state index contributed by atoms with van der Waals surface area (Å²) in [7, 11) is 0. The molecule has 0 spiro atoms. The highest BCUT2D eigenvalue weighted by Gasteiger charge is 2.23. The van der Waals surface area contributed by atoms with Crippen LogP contribution in [0.3, 0.4) is 0 Å². The molecule has 0 saturated heterocycles. The van der Waals surface area contributed by atoms with Crippen LogP contribution >= 0.6 is 11.3 Å². The van der Waals surface area contributed by atoms with E-state index >= 15 is 0 Å². The van der Waals surface area contributed by atoms with Crippen LogP contribution in [0.4, 0.5) is 0 Å². The Hall–Kier alpha value is -1.69. The molecule has 0 N–H and O–H groups in total. The Morgan fingerprint density at radius 3 is 2.52 bits per heavy atom. The van der Waals surface area contributed by atoms with Gasteiger partial charge in [0, 0.05) is 4.88 Å². The molecule has 6 heteroatoms. The van der Waals surface area contributed by atoms with Gasteiger partial charge in [-0.15, -0.1) is 11.3 Å². The Labute approximate surface area is 140 Å². The minimum absolute atomic E-state index is 0.164. The molecule has 23 heavy (non-hydrogen) atoms. The highest BCUT2D eigenvalue weighted by Crippen LogP contribution is 2.26. The topological polar surface area (TPSA) is 61.2 Å². The zero-order valence-electron chi connectivity index (χ0n) is 14.6. The maximum atomic E-state index is 12.8. The second kappa shape index (κ2) is 6.83. The molecule has 0 bridgehead atoms. The second-order valence-corrected chi connectivity index (χ2v) is 7.53. The molecule has 0 radical (unpaired) electrons. The van der Waals surface area contributed by atoms with Crippen molar-refractivity contribution in [2.75, 3.05) is 6.61 Å². The predicted octanol–water partition coefficient (Wildman–Crippen LogP) is 3.53. The number of carbonyl (C=O) groups is 1. The summed E-state index contributed by atoms with van der Waals surface area (Å²) >= 11 is 1.51. The van der Waals surface area contributed by atoms with E-state index < -0.39 is 6.04 Å². The Balaban J connectivity index is 2.37. The molecule has 0 fully saturated rings. The SMILES string of the molecule is Cc1sc2nc(C)n(C(C)C(=O)OCCC(C)C)c(=O)c2c1C. The highest BCUT2D eigenvalue weighted by atomic mass is 32.1. The Morgan fingerprint density at radius 2 is 1.91 bits per heavy atom. The van der Waals surface area contributed by atoms with Gasteiger partial charge in [-0.25, -0.2) is 9.78 Å². The van der Waals surface area contributed by atoms with Crippen LogP contribution in [0.2, 0.25) is 0 Å². The number of thiophene rings is 1. The molecule has 0 aliphatic heterocycles. The van der Waals surface area contributed by atoms with Crippen molar-refractivity contribution in [1.29, 1.82) is 0 Å². The smallest absolute Gasteiger partial charge is 0.329 e. The zero-order chi connectivity index (χ0) is 17.3. The first-order valence-corrected chi connectivity index (χ1v) is 8.71. The van der Waals surface area contributed by atoms with Crippen LogP contribution in [0.5, 0.6) is 0 Å². The van der Waals surface area contributed by atoms with Gasteiger partial charge < -0.3 is 4.74 Å². The van der Waals surface area contributed by atoms with Crippen LogP contribution in [0.15, 0.2) is 4.79 Å². The van der Waals surface area contributed by atoms with E-state index in [0.29, 0.717) is 23.7 Å².